The van der Waals surface area contributed by atoms with Gasteiger partial charge in [-0.05, 0) is 25.9 Å². The van der Waals surface area contributed by atoms with Crippen molar-refractivity contribution in [3.8, 4) is 0 Å². The molecule has 0 aromatic carbocycles. The van der Waals surface area contributed by atoms with E-state index in [2.05, 4.69) is 9.74 Å². The van der Waals surface area contributed by atoms with Crippen LogP contribution in [0, 0.1) is 0 Å². The van der Waals surface area contributed by atoms with E-state index in [0.717, 1.165) is 13.1 Å². The molecular formula is C8H16N2O2. The monoisotopic (exact) mass is 172 g/mol. The number of nitrogens with zero attached hydrogens (tertiary/aromatic N) is 1. The number of carbonyl (C=O) groups is 1. The summed E-state index contributed by atoms with van der Waals surface area (Å²) in [6.07, 6.45) is 4.90. The first kappa shape index (κ1) is 9.48. The summed E-state index contributed by atoms with van der Waals surface area (Å²) in [7, 11) is 0. The van der Waals surface area contributed by atoms with Crippen LogP contribution in [0.15, 0.2) is 0 Å². The van der Waals surface area contributed by atoms with Gasteiger partial charge in [0, 0.05) is 0 Å². The van der Waals surface area contributed by atoms with E-state index in [0.29, 0.717) is 6.54 Å². The lowest BCUT2D eigenvalue weighted by Crippen LogP contribution is -2.32. The zero-order valence-corrected chi connectivity index (χ0v) is 7.29. The maximum Gasteiger partial charge on any atom is 0.338 e. The van der Waals surface area contributed by atoms with E-state index in [1.54, 1.807) is 0 Å². The summed E-state index contributed by atoms with van der Waals surface area (Å²) >= 11 is 0. The molecule has 0 atom stereocenters. The highest BCUT2D eigenvalue weighted by Crippen LogP contribution is 2.08. The number of rotatable bonds is 2. The summed E-state index contributed by atoms with van der Waals surface area (Å²) in [6.45, 7) is 2.33. The van der Waals surface area contributed by atoms with Crippen molar-refractivity contribution < 1.29 is 9.63 Å². The van der Waals surface area contributed by atoms with Gasteiger partial charge in [-0.25, -0.2) is 4.79 Å². The fourth-order valence-corrected chi connectivity index (χ4v) is 1.51. The van der Waals surface area contributed by atoms with E-state index in [-0.39, 0.29) is 5.97 Å². The number of carbonyl (C=O) groups excluding carboxylic acids is 1. The summed E-state index contributed by atoms with van der Waals surface area (Å²) < 4.78 is 0. The molecule has 1 fully saturated rings. The molecular weight excluding hydrogens is 156 g/mol. The third-order valence-corrected chi connectivity index (χ3v) is 2.18. The number of likely N-dealkylation sites (tertiary alicyclic amines) is 1. The molecule has 0 unspecified atom stereocenters. The summed E-state index contributed by atoms with van der Waals surface area (Å²) in [5.41, 5.74) is 0. The van der Waals surface area contributed by atoms with Crippen molar-refractivity contribution in [2.75, 3.05) is 19.6 Å². The Labute approximate surface area is 72.6 Å². The van der Waals surface area contributed by atoms with Crippen LogP contribution in [0.5, 0.6) is 0 Å². The lowest BCUT2D eigenvalue weighted by Gasteiger charge is -2.16. The third kappa shape index (κ3) is 3.19. The molecule has 0 bridgehead atoms. The fourth-order valence-electron chi connectivity index (χ4n) is 1.51. The van der Waals surface area contributed by atoms with Gasteiger partial charge in [0.2, 0.25) is 0 Å². The highest BCUT2D eigenvalue weighted by molar-refractivity contribution is 5.71. The second-order valence-electron chi connectivity index (χ2n) is 3.18. The van der Waals surface area contributed by atoms with Gasteiger partial charge in [0.25, 0.3) is 0 Å². The van der Waals surface area contributed by atoms with Gasteiger partial charge < -0.3 is 4.84 Å². The molecule has 0 aromatic heterocycles. The van der Waals surface area contributed by atoms with E-state index < -0.39 is 0 Å². The van der Waals surface area contributed by atoms with E-state index in [1.807, 2.05) is 0 Å². The maximum atomic E-state index is 10.8. The van der Waals surface area contributed by atoms with Crippen LogP contribution in [0.25, 0.3) is 0 Å². The van der Waals surface area contributed by atoms with Crippen LogP contribution in [0.3, 0.4) is 0 Å². The van der Waals surface area contributed by atoms with Crippen molar-refractivity contribution in [1.29, 1.82) is 0 Å². The number of hydrogen-bond acceptors (Lipinski definition) is 4. The lowest BCUT2D eigenvalue weighted by molar-refractivity contribution is -0.145. The number of nitrogens with two attached hydrogens (primary N) is 1. The minimum Gasteiger partial charge on any atom is -0.372 e. The SMILES string of the molecule is NOC(=O)CN1CCCCCC1. The van der Waals surface area contributed by atoms with Gasteiger partial charge in [-0.3, -0.25) is 4.90 Å². The van der Waals surface area contributed by atoms with Crippen molar-refractivity contribution in [1.82, 2.24) is 4.90 Å². The molecule has 1 heterocycles. The largest absolute Gasteiger partial charge is 0.372 e. The van der Waals surface area contributed by atoms with Gasteiger partial charge in [0.15, 0.2) is 0 Å². The first-order valence-electron chi connectivity index (χ1n) is 4.45. The quantitative estimate of drug-likeness (QED) is 0.608. The number of hydrogen-bond donors (Lipinski definition) is 1. The predicted octanol–water partition coefficient (Wildman–Crippen LogP) is 0.279. The second kappa shape index (κ2) is 5.11. The van der Waals surface area contributed by atoms with Crippen LogP contribution in [0.4, 0.5) is 0 Å². The van der Waals surface area contributed by atoms with Gasteiger partial charge >= 0.3 is 5.97 Å². The van der Waals surface area contributed by atoms with Crippen molar-refractivity contribution in [2.45, 2.75) is 25.7 Å². The Balaban J connectivity index is 2.24. The Hall–Kier alpha value is -0.610. The maximum absolute atomic E-state index is 10.8. The molecule has 2 N–H and O–H groups in total. The first-order chi connectivity index (χ1) is 5.83. The Morgan fingerprint density at radius 2 is 1.83 bits per heavy atom. The minimum absolute atomic E-state index is 0.336. The van der Waals surface area contributed by atoms with Crippen molar-refractivity contribution in [3.63, 3.8) is 0 Å². The summed E-state index contributed by atoms with van der Waals surface area (Å²) in [5, 5.41) is 0. The Morgan fingerprint density at radius 1 is 1.25 bits per heavy atom. The van der Waals surface area contributed by atoms with E-state index in [9.17, 15) is 4.79 Å². The second-order valence-corrected chi connectivity index (χ2v) is 3.18. The zero-order valence-electron chi connectivity index (χ0n) is 7.29. The molecule has 0 radical (unpaired) electrons. The van der Waals surface area contributed by atoms with Gasteiger partial charge in [-0.1, -0.05) is 12.8 Å². The van der Waals surface area contributed by atoms with Gasteiger partial charge in [-0.15, -0.1) is 0 Å². The first-order valence-corrected chi connectivity index (χ1v) is 4.45. The molecule has 1 saturated heterocycles. The minimum atomic E-state index is -0.336. The Bertz CT molecular complexity index is 142. The molecule has 1 rings (SSSR count). The van der Waals surface area contributed by atoms with Gasteiger partial charge in [0.05, 0.1) is 6.54 Å². The standard InChI is InChI=1S/C8H16N2O2/c9-12-8(11)7-10-5-3-1-2-4-6-10/h1-7,9H2. The molecule has 4 heteroatoms. The van der Waals surface area contributed by atoms with Crippen LogP contribution in [0.2, 0.25) is 0 Å². The molecule has 0 saturated carbocycles. The predicted molar refractivity (Wildman–Crippen MR) is 45.2 cm³/mol. The summed E-state index contributed by atoms with van der Waals surface area (Å²) in [4.78, 5) is 17.0. The van der Waals surface area contributed by atoms with Crippen molar-refractivity contribution >= 4 is 5.97 Å². The average molecular weight is 172 g/mol. The van der Waals surface area contributed by atoms with E-state index in [1.165, 1.54) is 25.7 Å². The molecule has 1 aliphatic heterocycles. The molecule has 0 aliphatic carbocycles. The molecule has 0 spiro atoms. The smallest absolute Gasteiger partial charge is 0.338 e. The van der Waals surface area contributed by atoms with Crippen LogP contribution < -0.4 is 5.90 Å². The lowest BCUT2D eigenvalue weighted by atomic mass is 10.2. The zero-order chi connectivity index (χ0) is 8.81. The van der Waals surface area contributed by atoms with E-state index >= 15 is 0 Å². The summed E-state index contributed by atoms with van der Waals surface area (Å²) in [5.74, 6) is 4.42. The van der Waals surface area contributed by atoms with E-state index in [4.69, 9.17) is 5.90 Å². The Morgan fingerprint density at radius 3 is 2.33 bits per heavy atom. The fraction of sp³-hybridized carbons (Fsp3) is 0.875. The summed E-state index contributed by atoms with van der Waals surface area (Å²) in [6, 6.07) is 0. The third-order valence-electron chi connectivity index (χ3n) is 2.18. The van der Waals surface area contributed by atoms with Crippen LogP contribution in [-0.2, 0) is 9.63 Å². The highest BCUT2D eigenvalue weighted by atomic mass is 16.7. The van der Waals surface area contributed by atoms with Crippen LogP contribution in [-0.4, -0.2) is 30.5 Å². The average Bonchev–Trinajstić information content (AvgIpc) is 2.33. The van der Waals surface area contributed by atoms with Gasteiger partial charge in [-0.2, -0.15) is 5.90 Å². The molecule has 70 valence electrons. The normalized spacial score (nSPS) is 20.1. The Kier molecular flexibility index (Phi) is 4.04. The molecule has 0 aromatic rings. The van der Waals surface area contributed by atoms with Crippen molar-refractivity contribution in [3.05, 3.63) is 0 Å². The van der Waals surface area contributed by atoms with Gasteiger partial charge in [0.1, 0.15) is 0 Å². The topological polar surface area (TPSA) is 55.6 Å². The highest BCUT2D eigenvalue weighted by Gasteiger charge is 2.12. The molecule has 0 amide bonds. The molecule has 12 heavy (non-hydrogen) atoms. The van der Waals surface area contributed by atoms with Crippen molar-refractivity contribution in [2.24, 2.45) is 5.90 Å². The van der Waals surface area contributed by atoms with Crippen LogP contribution >= 0.6 is 0 Å². The molecule has 4 nitrogen and oxygen atoms in total. The van der Waals surface area contributed by atoms with Crippen LogP contribution in [0.1, 0.15) is 25.7 Å². The molecule has 1 aliphatic rings.